The van der Waals surface area contributed by atoms with Crippen molar-refractivity contribution in [3.63, 3.8) is 0 Å². The van der Waals surface area contributed by atoms with Crippen molar-refractivity contribution in [2.45, 2.75) is 12.8 Å². The number of esters is 1. The van der Waals surface area contributed by atoms with Gasteiger partial charge in [0.25, 0.3) is 0 Å². The van der Waals surface area contributed by atoms with E-state index < -0.39 is 5.97 Å². The molecule has 2 aromatic carbocycles. The second-order valence-corrected chi connectivity index (χ2v) is 5.68. The Hall–Kier alpha value is -2.14. The van der Waals surface area contributed by atoms with E-state index in [4.69, 9.17) is 4.74 Å². The summed E-state index contributed by atoms with van der Waals surface area (Å²) in [6.07, 6.45) is 1.11. The SMILES string of the molecule is O=C1CCc2cc(OC(=O)c3ccc(Br)cc3)ccc2N1. The lowest BCUT2D eigenvalue weighted by Crippen LogP contribution is -2.19. The minimum absolute atomic E-state index is 0.0158. The fourth-order valence-electron chi connectivity index (χ4n) is 2.18. The summed E-state index contributed by atoms with van der Waals surface area (Å²) in [5.74, 6) is 0.0993. The van der Waals surface area contributed by atoms with Crippen LogP contribution in [0.25, 0.3) is 0 Å². The highest BCUT2D eigenvalue weighted by molar-refractivity contribution is 9.10. The van der Waals surface area contributed by atoms with Crippen molar-refractivity contribution in [3.8, 4) is 5.75 Å². The van der Waals surface area contributed by atoms with Crippen molar-refractivity contribution < 1.29 is 14.3 Å². The molecule has 3 rings (SSSR count). The molecule has 0 radical (unpaired) electrons. The molecule has 106 valence electrons. The van der Waals surface area contributed by atoms with Crippen LogP contribution in [0.15, 0.2) is 46.9 Å². The van der Waals surface area contributed by atoms with Crippen LogP contribution in [-0.4, -0.2) is 11.9 Å². The highest BCUT2D eigenvalue weighted by Gasteiger charge is 2.16. The second kappa shape index (κ2) is 5.69. The zero-order valence-electron chi connectivity index (χ0n) is 11.1. The monoisotopic (exact) mass is 345 g/mol. The maximum Gasteiger partial charge on any atom is 0.343 e. The van der Waals surface area contributed by atoms with E-state index >= 15 is 0 Å². The highest BCUT2D eigenvalue weighted by Crippen LogP contribution is 2.27. The molecule has 4 nitrogen and oxygen atoms in total. The number of hydrogen-bond acceptors (Lipinski definition) is 3. The van der Waals surface area contributed by atoms with Crippen LogP contribution in [0.1, 0.15) is 22.3 Å². The molecule has 0 saturated carbocycles. The van der Waals surface area contributed by atoms with Gasteiger partial charge in [0.15, 0.2) is 0 Å². The molecule has 0 fully saturated rings. The predicted molar refractivity (Wildman–Crippen MR) is 82.5 cm³/mol. The number of hydrogen-bond donors (Lipinski definition) is 1. The fraction of sp³-hybridized carbons (Fsp3) is 0.125. The lowest BCUT2D eigenvalue weighted by Gasteiger charge is -2.17. The highest BCUT2D eigenvalue weighted by atomic mass is 79.9. The fourth-order valence-corrected chi connectivity index (χ4v) is 2.44. The molecule has 1 N–H and O–H groups in total. The van der Waals surface area contributed by atoms with E-state index in [1.807, 2.05) is 0 Å². The van der Waals surface area contributed by atoms with Gasteiger partial charge in [0, 0.05) is 16.6 Å². The molecule has 0 atom stereocenters. The van der Waals surface area contributed by atoms with Gasteiger partial charge in [-0.2, -0.15) is 0 Å². The maximum atomic E-state index is 12.0. The molecule has 2 aromatic rings. The van der Waals surface area contributed by atoms with Gasteiger partial charge in [-0.05, 0) is 54.4 Å². The Bertz CT molecular complexity index is 710. The average molecular weight is 346 g/mol. The number of carbonyl (C=O) groups excluding carboxylic acids is 2. The van der Waals surface area contributed by atoms with Crippen LogP contribution in [0.3, 0.4) is 0 Å². The van der Waals surface area contributed by atoms with Crippen molar-refractivity contribution in [1.82, 2.24) is 0 Å². The quantitative estimate of drug-likeness (QED) is 0.668. The number of ether oxygens (including phenoxy) is 1. The van der Waals surface area contributed by atoms with Gasteiger partial charge in [-0.25, -0.2) is 4.79 Å². The summed E-state index contributed by atoms with van der Waals surface area (Å²) in [4.78, 5) is 23.3. The minimum atomic E-state index is -0.401. The van der Waals surface area contributed by atoms with Crippen molar-refractivity contribution >= 4 is 33.5 Å². The molecule has 1 amide bonds. The Morgan fingerprint density at radius 1 is 1.10 bits per heavy atom. The number of aryl methyl sites for hydroxylation is 1. The molecule has 0 aliphatic carbocycles. The lowest BCUT2D eigenvalue weighted by atomic mass is 10.0. The molecule has 0 aromatic heterocycles. The third-order valence-corrected chi connectivity index (χ3v) is 3.79. The number of fused-ring (bicyclic) bond motifs is 1. The van der Waals surface area contributed by atoms with Gasteiger partial charge in [-0.3, -0.25) is 4.79 Å². The van der Waals surface area contributed by atoms with Crippen molar-refractivity contribution in [2.75, 3.05) is 5.32 Å². The minimum Gasteiger partial charge on any atom is -0.423 e. The van der Waals surface area contributed by atoms with Crippen molar-refractivity contribution in [3.05, 3.63) is 58.1 Å². The Labute approximate surface area is 130 Å². The molecule has 0 saturated heterocycles. The van der Waals surface area contributed by atoms with Gasteiger partial charge >= 0.3 is 5.97 Å². The molecule has 1 aliphatic heterocycles. The zero-order chi connectivity index (χ0) is 14.8. The van der Waals surface area contributed by atoms with E-state index in [-0.39, 0.29) is 5.91 Å². The van der Waals surface area contributed by atoms with Gasteiger partial charge in [-0.1, -0.05) is 15.9 Å². The summed E-state index contributed by atoms with van der Waals surface area (Å²) < 4.78 is 6.27. The molecule has 21 heavy (non-hydrogen) atoms. The average Bonchev–Trinajstić information content (AvgIpc) is 2.48. The molecule has 1 heterocycles. The van der Waals surface area contributed by atoms with Gasteiger partial charge < -0.3 is 10.1 Å². The first kappa shape index (κ1) is 13.8. The largest absolute Gasteiger partial charge is 0.423 e. The van der Waals surface area contributed by atoms with E-state index in [9.17, 15) is 9.59 Å². The first-order valence-electron chi connectivity index (χ1n) is 6.52. The van der Waals surface area contributed by atoms with Gasteiger partial charge in [0.2, 0.25) is 5.91 Å². The Kier molecular flexibility index (Phi) is 3.75. The molecule has 0 unspecified atom stereocenters. The van der Waals surface area contributed by atoms with Crippen LogP contribution in [0.4, 0.5) is 5.69 Å². The number of anilines is 1. The summed E-state index contributed by atoms with van der Waals surface area (Å²) in [6.45, 7) is 0. The molecule has 1 aliphatic rings. The van der Waals surface area contributed by atoms with E-state index in [1.165, 1.54) is 0 Å². The maximum absolute atomic E-state index is 12.0. The van der Waals surface area contributed by atoms with E-state index in [1.54, 1.807) is 42.5 Å². The molecular weight excluding hydrogens is 334 g/mol. The number of benzene rings is 2. The van der Waals surface area contributed by atoms with Crippen LogP contribution in [0.2, 0.25) is 0 Å². The van der Waals surface area contributed by atoms with Crippen LogP contribution in [0, 0.1) is 0 Å². The molecule has 0 bridgehead atoms. The number of rotatable bonds is 2. The molecule has 0 spiro atoms. The normalized spacial score (nSPS) is 13.3. The van der Waals surface area contributed by atoms with Crippen molar-refractivity contribution in [2.24, 2.45) is 0 Å². The summed E-state index contributed by atoms with van der Waals surface area (Å²) >= 11 is 3.32. The summed E-state index contributed by atoms with van der Waals surface area (Å²) in [6, 6.07) is 12.2. The summed E-state index contributed by atoms with van der Waals surface area (Å²) in [5.41, 5.74) is 2.26. The number of halogens is 1. The van der Waals surface area contributed by atoms with Crippen LogP contribution >= 0.6 is 15.9 Å². The zero-order valence-corrected chi connectivity index (χ0v) is 12.6. The topological polar surface area (TPSA) is 55.4 Å². The van der Waals surface area contributed by atoms with Gasteiger partial charge in [0.05, 0.1) is 5.56 Å². The number of carbonyl (C=O) groups is 2. The Balaban J connectivity index is 1.77. The number of amides is 1. The van der Waals surface area contributed by atoms with Crippen molar-refractivity contribution in [1.29, 1.82) is 0 Å². The first-order valence-corrected chi connectivity index (χ1v) is 7.31. The first-order chi connectivity index (χ1) is 10.1. The second-order valence-electron chi connectivity index (χ2n) is 4.76. The molecular formula is C16H12BrNO3. The van der Waals surface area contributed by atoms with E-state index in [0.717, 1.165) is 15.7 Å². The Morgan fingerprint density at radius 2 is 1.86 bits per heavy atom. The van der Waals surface area contributed by atoms with Crippen LogP contribution in [-0.2, 0) is 11.2 Å². The standard InChI is InChI=1S/C16H12BrNO3/c17-12-4-1-10(2-5-12)16(20)21-13-6-7-14-11(9-13)3-8-15(19)18-14/h1-2,4-7,9H,3,8H2,(H,18,19). The molecule has 5 heteroatoms. The van der Waals surface area contributed by atoms with Crippen LogP contribution in [0.5, 0.6) is 5.75 Å². The smallest absolute Gasteiger partial charge is 0.343 e. The van der Waals surface area contributed by atoms with Crippen LogP contribution < -0.4 is 10.1 Å². The number of nitrogens with one attached hydrogen (secondary N) is 1. The van der Waals surface area contributed by atoms with E-state index in [0.29, 0.717) is 24.2 Å². The predicted octanol–water partition coefficient (Wildman–Crippen LogP) is 3.55. The van der Waals surface area contributed by atoms with E-state index in [2.05, 4.69) is 21.2 Å². The summed E-state index contributed by atoms with van der Waals surface area (Å²) in [7, 11) is 0. The Morgan fingerprint density at radius 3 is 2.62 bits per heavy atom. The lowest BCUT2D eigenvalue weighted by molar-refractivity contribution is -0.116. The third kappa shape index (κ3) is 3.13. The summed E-state index contributed by atoms with van der Waals surface area (Å²) in [5, 5.41) is 2.79. The van der Waals surface area contributed by atoms with Gasteiger partial charge in [0.1, 0.15) is 5.75 Å². The van der Waals surface area contributed by atoms with Gasteiger partial charge in [-0.15, -0.1) is 0 Å². The third-order valence-electron chi connectivity index (χ3n) is 3.26.